The summed E-state index contributed by atoms with van der Waals surface area (Å²) in [4.78, 5) is 5.20. The first-order valence-corrected chi connectivity index (χ1v) is 4.06. The maximum absolute atomic E-state index is 5.20. The molecule has 0 bridgehead atoms. The summed E-state index contributed by atoms with van der Waals surface area (Å²) in [5.74, 6) is 0. The average Bonchev–Trinajstić information content (AvgIpc) is 2.69. The summed E-state index contributed by atoms with van der Waals surface area (Å²) in [5, 5.41) is 0. The number of anilines is 1. The summed E-state index contributed by atoms with van der Waals surface area (Å²) in [5.41, 5.74) is 3.74. The van der Waals surface area contributed by atoms with Crippen molar-refractivity contribution in [1.82, 2.24) is 4.73 Å². The lowest BCUT2D eigenvalue weighted by molar-refractivity contribution is 0.164. The van der Waals surface area contributed by atoms with Crippen LogP contribution >= 0.6 is 0 Å². The molecule has 2 aromatic rings. The Kier molecular flexibility index (Phi) is 2.18. The van der Waals surface area contributed by atoms with Crippen LogP contribution in [0, 0.1) is 0 Å². The predicted octanol–water partition coefficient (Wildman–Crippen LogP) is 1.94. The molecule has 1 N–H and O–H groups in total. The summed E-state index contributed by atoms with van der Waals surface area (Å²) in [6, 6.07) is 13.5. The first kappa shape index (κ1) is 7.73. The normalized spacial score (nSPS) is 9.54. The lowest BCUT2D eigenvalue weighted by Gasteiger charge is -2.06. The largest absolute Gasteiger partial charge is 0.290 e. The third kappa shape index (κ3) is 2.02. The van der Waals surface area contributed by atoms with Crippen LogP contribution in [0.5, 0.6) is 0 Å². The Hall–Kier alpha value is -1.90. The molecule has 0 aliphatic heterocycles. The summed E-state index contributed by atoms with van der Waals surface area (Å²) in [6.45, 7) is 0. The van der Waals surface area contributed by atoms with Crippen molar-refractivity contribution >= 4 is 5.69 Å². The fourth-order valence-corrected chi connectivity index (χ4v) is 0.991. The molecule has 0 saturated heterocycles. The van der Waals surface area contributed by atoms with Gasteiger partial charge in [0.25, 0.3) is 0 Å². The van der Waals surface area contributed by atoms with Crippen molar-refractivity contribution in [3.05, 3.63) is 54.9 Å². The molecule has 1 heterocycles. The monoisotopic (exact) mass is 174 g/mol. The van der Waals surface area contributed by atoms with E-state index in [0.29, 0.717) is 0 Å². The van der Waals surface area contributed by atoms with E-state index >= 15 is 0 Å². The van der Waals surface area contributed by atoms with E-state index in [-0.39, 0.29) is 0 Å². The Labute approximate surface area is 76.5 Å². The summed E-state index contributed by atoms with van der Waals surface area (Å²) >= 11 is 0. The lowest BCUT2D eigenvalue weighted by atomic mass is 10.3. The molecule has 0 unspecified atom stereocenters. The van der Waals surface area contributed by atoms with Gasteiger partial charge in [0.2, 0.25) is 0 Å². The van der Waals surface area contributed by atoms with Gasteiger partial charge in [-0.3, -0.25) is 4.94 Å². The highest BCUT2D eigenvalue weighted by Gasteiger charge is 1.89. The molecular formula is C10H10N2O. The van der Waals surface area contributed by atoms with Gasteiger partial charge in [-0.2, -0.15) is 10.2 Å². The molecule has 13 heavy (non-hydrogen) atoms. The van der Waals surface area contributed by atoms with Gasteiger partial charge in [0.05, 0.1) is 5.69 Å². The Morgan fingerprint density at radius 3 is 2.31 bits per heavy atom. The standard InChI is InChI=1S/C10H10N2O/c1-2-6-10(7-3-1)11-13-12-8-4-5-9-12/h1-9,11H. The maximum atomic E-state index is 5.20. The molecule has 2 rings (SSSR count). The van der Waals surface area contributed by atoms with Crippen LogP contribution in [-0.2, 0) is 0 Å². The van der Waals surface area contributed by atoms with Crippen molar-refractivity contribution in [1.29, 1.82) is 0 Å². The molecule has 3 nitrogen and oxygen atoms in total. The van der Waals surface area contributed by atoms with E-state index in [0.717, 1.165) is 5.69 Å². The SMILES string of the molecule is c1ccc(NOn2cccc2)cc1. The van der Waals surface area contributed by atoms with E-state index in [1.807, 2.05) is 54.9 Å². The second-order valence-corrected chi connectivity index (χ2v) is 2.60. The molecule has 1 aromatic heterocycles. The van der Waals surface area contributed by atoms with Crippen LogP contribution in [0.25, 0.3) is 0 Å². The molecule has 0 fully saturated rings. The Bertz CT molecular complexity index is 342. The van der Waals surface area contributed by atoms with Gasteiger partial charge in [-0.25, -0.2) is 0 Å². The van der Waals surface area contributed by atoms with Crippen LogP contribution in [0.3, 0.4) is 0 Å². The zero-order chi connectivity index (χ0) is 8.93. The summed E-state index contributed by atoms with van der Waals surface area (Å²) < 4.78 is 1.59. The second kappa shape index (κ2) is 3.67. The van der Waals surface area contributed by atoms with Crippen molar-refractivity contribution in [3.8, 4) is 0 Å². The zero-order valence-electron chi connectivity index (χ0n) is 7.05. The number of benzene rings is 1. The number of hydrogen-bond donors (Lipinski definition) is 1. The van der Waals surface area contributed by atoms with Crippen LogP contribution in [0.2, 0.25) is 0 Å². The second-order valence-electron chi connectivity index (χ2n) is 2.60. The van der Waals surface area contributed by atoms with E-state index in [2.05, 4.69) is 5.48 Å². The molecular weight excluding hydrogens is 164 g/mol. The molecule has 0 radical (unpaired) electrons. The van der Waals surface area contributed by atoms with Crippen LogP contribution in [0.4, 0.5) is 5.69 Å². The summed E-state index contributed by atoms with van der Waals surface area (Å²) in [7, 11) is 0. The fraction of sp³-hybridized carbons (Fsp3) is 0. The van der Waals surface area contributed by atoms with Gasteiger partial charge >= 0.3 is 0 Å². The number of hydrogen-bond acceptors (Lipinski definition) is 2. The quantitative estimate of drug-likeness (QED) is 0.720. The third-order valence-corrected chi connectivity index (χ3v) is 1.62. The van der Waals surface area contributed by atoms with Crippen LogP contribution < -0.4 is 10.4 Å². The van der Waals surface area contributed by atoms with Gasteiger partial charge in [0.15, 0.2) is 0 Å². The molecule has 0 spiro atoms. The molecule has 0 saturated carbocycles. The Balaban J connectivity index is 1.94. The first-order valence-electron chi connectivity index (χ1n) is 4.06. The smallest absolute Gasteiger partial charge is 0.0740 e. The Morgan fingerprint density at radius 2 is 1.62 bits per heavy atom. The first-order chi connectivity index (χ1) is 6.45. The van der Waals surface area contributed by atoms with Gasteiger partial charge in [0.1, 0.15) is 0 Å². The third-order valence-electron chi connectivity index (χ3n) is 1.62. The molecule has 66 valence electrons. The number of aromatic nitrogens is 1. The summed E-state index contributed by atoms with van der Waals surface area (Å²) in [6.07, 6.45) is 3.63. The van der Waals surface area contributed by atoms with E-state index in [1.165, 1.54) is 0 Å². The van der Waals surface area contributed by atoms with E-state index in [4.69, 9.17) is 4.94 Å². The molecule has 3 heteroatoms. The number of nitrogens with one attached hydrogen (secondary N) is 1. The van der Waals surface area contributed by atoms with Crippen molar-refractivity contribution in [2.45, 2.75) is 0 Å². The number of nitrogens with zero attached hydrogens (tertiary/aromatic N) is 1. The number of para-hydroxylation sites is 1. The minimum Gasteiger partial charge on any atom is -0.290 e. The van der Waals surface area contributed by atoms with Crippen molar-refractivity contribution in [3.63, 3.8) is 0 Å². The van der Waals surface area contributed by atoms with Crippen molar-refractivity contribution in [2.75, 3.05) is 5.48 Å². The highest BCUT2D eigenvalue weighted by atomic mass is 16.8. The lowest BCUT2D eigenvalue weighted by Crippen LogP contribution is -2.15. The predicted molar refractivity (Wildman–Crippen MR) is 51.1 cm³/mol. The van der Waals surface area contributed by atoms with Crippen molar-refractivity contribution < 1.29 is 4.94 Å². The molecule has 0 amide bonds. The minimum absolute atomic E-state index is 0.927. The van der Waals surface area contributed by atoms with E-state index < -0.39 is 0 Å². The number of rotatable bonds is 3. The van der Waals surface area contributed by atoms with E-state index in [1.54, 1.807) is 4.73 Å². The Morgan fingerprint density at radius 1 is 0.923 bits per heavy atom. The average molecular weight is 174 g/mol. The highest BCUT2D eigenvalue weighted by molar-refractivity contribution is 5.39. The molecule has 0 aliphatic rings. The minimum atomic E-state index is 0.927. The van der Waals surface area contributed by atoms with E-state index in [9.17, 15) is 0 Å². The van der Waals surface area contributed by atoms with Gasteiger partial charge < -0.3 is 0 Å². The molecule has 0 aliphatic carbocycles. The van der Waals surface area contributed by atoms with Crippen LogP contribution in [-0.4, -0.2) is 4.73 Å². The maximum Gasteiger partial charge on any atom is 0.0740 e. The van der Waals surface area contributed by atoms with Gasteiger partial charge in [-0.15, -0.1) is 0 Å². The van der Waals surface area contributed by atoms with Gasteiger partial charge in [0, 0.05) is 12.4 Å². The fourth-order valence-electron chi connectivity index (χ4n) is 0.991. The van der Waals surface area contributed by atoms with Crippen LogP contribution in [0.1, 0.15) is 0 Å². The van der Waals surface area contributed by atoms with Gasteiger partial charge in [-0.1, -0.05) is 18.2 Å². The highest BCUT2D eigenvalue weighted by Crippen LogP contribution is 2.03. The van der Waals surface area contributed by atoms with Crippen molar-refractivity contribution in [2.24, 2.45) is 0 Å². The molecule has 1 aromatic carbocycles. The molecule has 0 atom stereocenters. The topological polar surface area (TPSA) is 26.2 Å². The zero-order valence-corrected chi connectivity index (χ0v) is 7.05. The van der Waals surface area contributed by atoms with Gasteiger partial charge in [-0.05, 0) is 24.3 Å². The van der Waals surface area contributed by atoms with Crippen LogP contribution in [0.15, 0.2) is 54.9 Å².